The number of nitrogens with two attached hydrogens (primary N) is 1. The highest BCUT2D eigenvalue weighted by Crippen LogP contribution is 2.21. The summed E-state index contributed by atoms with van der Waals surface area (Å²) < 4.78 is 32.6. The molecule has 2 N–H and O–H groups in total. The van der Waals surface area contributed by atoms with E-state index in [0.717, 1.165) is 12.0 Å². The van der Waals surface area contributed by atoms with E-state index in [0.29, 0.717) is 19.0 Å². The molecule has 0 saturated carbocycles. The molecule has 0 aromatic heterocycles. The highest BCUT2D eigenvalue weighted by molar-refractivity contribution is 7.89. The Labute approximate surface area is 102 Å². The van der Waals surface area contributed by atoms with Gasteiger partial charge < -0.3 is 9.47 Å². The Balaban J connectivity index is 2.70. The first kappa shape index (κ1) is 14.0. The van der Waals surface area contributed by atoms with Gasteiger partial charge in [-0.15, -0.1) is 0 Å². The first-order valence-corrected chi connectivity index (χ1v) is 6.75. The van der Waals surface area contributed by atoms with Crippen LogP contribution >= 0.6 is 0 Å². The largest absolute Gasteiger partial charge is 0.493 e. The van der Waals surface area contributed by atoms with Crippen molar-refractivity contribution in [1.82, 2.24) is 0 Å². The van der Waals surface area contributed by atoms with Crippen LogP contribution in [0.5, 0.6) is 5.75 Å². The van der Waals surface area contributed by atoms with Crippen LogP contribution in [0.2, 0.25) is 0 Å². The summed E-state index contributed by atoms with van der Waals surface area (Å²) in [5, 5.41) is 5.03. The summed E-state index contributed by atoms with van der Waals surface area (Å²) in [5.74, 6) is 0.661. The van der Waals surface area contributed by atoms with Gasteiger partial charge in [0, 0.05) is 20.1 Å². The predicted octanol–water partition coefficient (Wildman–Crippen LogP) is 1.06. The van der Waals surface area contributed by atoms with E-state index in [2.05, 4.69) is 0 Å². The van der Waals surface area contributed by atoms with Crippen LogP contribution in [0.3, 0.4) is 0 Å². The molecule has 0 bridgehead atoms. The highest BCUT2D eigenvalue weighted by atomic mass is 32.2. The van der Waals surface area contributed by atoms with E-state index >= 15 is 0 Å². The second-order valence-corrected chi connectivity index (χ2v) is 5.23. The Hall–Kier alpha value is -1.11. The Morgan fingerprint density at radius 2 is 2.00 bits per heavy atom. The fourth-order valence-electron chi connectivity index (χ4n) is 1.35. The van der Waals surface area contributed by atoms with Gasteiger partial charge in [-0.05, 0) is 30.7 Å². The van der Waals surface area contributed by atoms with Gasteiger partial charge in [0.05, 0.1) is 11.5 Å². The lowest BCUT2D eigenvalue weighted by Crippen LogP contribution is -2.12. The lowest BCUT2D eigenvalue weighted by Gasteiger charge is -2.09. The Morgan fingerprint density at radius 3 is 2.53 bits per heavy atom. The third-order valence-corrected chi connectivity index (χ3v) is 3.14. The normalized spacial score (nSPS) is 11.5. The second-order valence-electron chi connectivity index (χ2n) is 3.67. The zero-order valence-electron chi connectivity index (χ0n) is 9.97. The third kappa shape index (κ3) is 4.33. The summed E-state index contributed by atoms with van der Waals surface area (Å²) in [6.45, 7) is 2.94. The van der Waals surface area contributed by atoms with E-state index in [9.17, 15) is 8.42 Å². The zero-order chi connectivity index (χ0) is 12.9. The van der Waals surface area contributed by atoms with Crippen molar-refractivity contribution >= 4 is 10.0 Å². The Kier molecular flexibility index (Phi) is 4.92. The molecule has 0 aliphatic rings. The molecule has 17 heavy (non-hydrogen) atoms. The summed E-state index contributed by atoms with van der Waals surface area (Å²) in [6, 6.07) is 4.55. The molecule has 0 heterocycles. The number of hydrogen-bond donors (Lipinski definition) is 1. The zero-order valence-corrected chi connectivity index (χ0v) is 10.8. The number of aryl methyl sites for hydroxylation is 1. The average molecular weight is 259 g/mol. The number of methoxy groups -OCH3 is 1. The molecule has 0 spiro atoms. The van der Waals surface area contributed by atoms with Gasteiger partial charge in [0.2, 0.25) is 10.0 Å². The van der Waals surface area contributed by atoms with Crippen molar-refractivity contribution in [1.29, 1.82) is 0 Å². The molecule has 0 aliphatic heterocycles. The predicted molar refractivity (Wildman–Crippen MR) is 64.5 cm³/mol. The molecular weight excluding hydrogens is 242 g/mol. The van der Waals surface area contributed by atoms with Gasteiger partial charge in [-0.3, -0.25) is 0 Å². The molecule has 1 rings (SSSR count). The van der Waals surface area contributed by atoms with Gasteiger partial charge in [-0.1, -0.05) is 0 Å². The van der Waals surface area contributed by atoms with Crippen molar-refractivity contribution in [3.63, 3.8) is 0 Å². The van der Waals surface area contributed by atoms with Crippen LogP contribution in [0, 0.1) is 6.92 Å². The molecule has 96 valence electrons. The van der Waals surface area contributed by atoms with E-state index in [4.69, 9.17) is 14.6 Å². The molecule has 1 aromatic carbocycles. The molecular formula is C11H17NO4S. The maximum Gasteiger partial charge on any atom is 0.238 e. The lowest BCUT2D eigenvalue weighted by atomic mass is 10.2. The third-order valence-electron chi connectivity index (χ3n) is 2.23. The number of benzene rings is 1. The van der Waals surface area contributed by atoms with Gasteiger partial charge in [0.15, 0.2) is 0 Å². The molecule has 5 nitrogen and oxygen atoms in total. The summed E-state index contributed by atoms with van der Waals surface area (Å²) in [4.78, 5) is 0.0965. The van der Waals surface area contributed by atoms with Gasteiger partial charge in [0.25, 0.3) is 0 Å². The van der Waals surface area contributed by atoms with Crippen LogP contribution < -0.4 is 9.88 Å². The molecule has 0 unspecified atom stereocenters. The van der Waals surface area contributed by atoms with Crippen LogP contribution in [0.4, 0.5) is 0 Å². The minimum atomic E-state index is -3.65. The number of primary sulfonamides is 1. The minimum Gasteiger partial charge on any atom is -0.493 e. The first-order chi connectivity index (χ1) is 7.95. The van der Waals surface area contributed by atoms with Crippen LogP contribution in [-0.2, 0) is 14.8 Å². The molecule has 0 saturated heterocycles. The van der Waals surface area contributed by atoms with Crippen molar-refractivity contribution in [3.8, 4) is 5.75 Å². The average Bonchev–Trinajstić information content (AvgIpc) is 2.24. The SMILES string of the molecule is COCCCOc1ccc(S(N)(=O)=O)cc1C. The van der Waals surface area contributed by atoms with Gasteiger partial charge in [-0.25, -0.2) is 13.6 Å². The van der Waals surface area contributed by atoms with Crippen molar-refractivity contribution in [2.24, 2.45) is 5.14 Å². The van der Waals surface area contributed by atoms with Crippen LogP contribution in [-0.4, -0.2) is 28.7 Å². The number of hydrogen-bond acceptors (Lipinski definition) is 4. The lowest BCUT2D eigenvalue weighted by molar-refractivity contribution is 0.172. The monoisotopic (exact) mass is 259 g/mol. The summed E-state index contributed by atoms with van der Waals surface area (Å²) >= 11 is 0. The summed E-state index contributed by atoms with van der Waals surface area (Å²) in [5.41, 5.74) is 0.744. The second kappa shape index (κ2) is 6.00. The maximum atomic E-state index is 11.1. The fourth-order valence-corrected chi connectivity index (χ4v) is 1.94. The van der Waals surface area contributed by atoms with Gasteiger partial charge in [-0.2, -0.15) is 0 Å². The van der Waals surface area contributed by atoms with Crippen LogP contribution in [0.15, 0.2) is 23.1 Å². The molecule has 1 aromatic rings. The summed E-state index contributed by atoms with van der Waals surface area (Å²) in [7, 11) is -2.02. The van der Waals surface area contributed by atoms with Crippen molar-refractivity contribution in [2.45, 2.75) is 18.2 Å². The van der Waals surface area contributed by atoms with Gasteiger partial charge in [0.1, 0.15) is 5.75 Å². The van der Waals surface area contributed by atoms with E-state index in [1.165, 1.54) is 12.1 Å². The first-order valence-electron chi connectivity index (χ1n) is 5.20. The molecule has 0 radical (unpaired) electrons. The van der Waals surface area contributed by atoms with E-state index < -0.39 is 10.0 Å². The smallest absolute Gasteiger partial charge is 0.238 e. The van der Waals surface area contributed by atoms with E-state index in [1.807, 2.05) is 0 Å². The highest BCUT2D eigenvalue weighted by Gasteiger charge is 2.09. The van der Waals surface area contributed by atoms with Crippen LogP contribution in [0.25, 0.3) is 0 Å². The quantitative estimate of drug-likeness (QED) is 0.775. The van der Waals surface area contributed by atoms with E-state index in [1.54, 1.807) is 20.1 Å². The summed E-state index contributed by atoms with van der Waals surface area (Å²) in [6.07, 6.45) is 0.785. The maximum absolute atomic E-state index is 11.1. The van der Waals surface area contributed by atoms with E-state index in [-0.39, 0.29) is 4.90 Å². The molecule has 6 heteroatoms. The van der Waals surface area contributed by atoms with Gasteiger partial charge >= 0.3 is 0 Å². The van der Waals surface area contributed by atoms with Crippen LogP contribution in [0.1, 0.15) is 12.0 Å². The van der Waals surface area contributed by atoms with Crippen molar-refractivity contribution < 1.29 is 17.9 Å². The Morgan fingerprint density at radius 1 is 1.29 bits per heavy atom. The number of rotatable bonds is 6. The molecule has 0 fully saturated rings. The molecule has 0 aliphatic carbocycles. The van der Waals surface area contributed by atoms with Crippen molar-refractivity contribution in [2.75, 3.05) is 20.3 Å². The topological polar surface area (TPSA) is 78.6 Å². The van der Waals surface area contributed by atoms with Crippen molar-refractivity contribution in [3.05, 3.63) is 23.8 Å². The fraction of sp³-hybridized carbons (Fsp3) is 0.455. The molecule has 0 amide bonds. The number of ether oxygens (including phenoxy) is 2. The Bertz CT molecular complexity index is 470. The number of sulfonamides is 1. The standard InChI is InChI=1S/C11H17NO4S/c1-9-8-10(17(12,13)14)4-5-11(9)16-7-3-6-15-2/h4-5,8H,3,6-7H2,1-2H3,(H2,12,13,14). The minimum absolute atomic E-state index is 0.0965. The molecule has 0 atom stereocenters.